The van der Waals surface area contributed by atoms with Crippen LogP contribution in [0.1, 0.15) is 32.4 Å². The highest BCUT2D eigenvalue weighted by Crippen LogP contribution is 2.34. The van der Waals surface area contributed by atoms with E-state index in [2.05, 4.69) is 22.6 Å². The zero-order chi connectivity index (χ0) is 10.1. The van der Waals surface area contributed by atoms with Crippen LogP contribution >= 0.6 is 22.6 Å². The average molecular weight is 289 g/mol. The summed E-state index contributed by atoms with van der Waals surface area (Å²) < 4.78 is 1.06. The van der Waals surface area contributed by atoms with Gasteiger partial charge in [0.1, 0.15) is 6.10 Å². The second-order valence-electron chi connectivity index (χ2n) is 4.27. The fourth-order valence-electron chi connectivity index (χ4n) is 1.15. The SMILES string of the molecule is CC(C)(C)C([O])c1ccccc1I. The van der Waals surface area contributed by atoms with Gasteiger partial charge in [-0.05, 0) is 39.6 Å². The van der Waals surface area contributed by atoms with Gasteiger partial charge >= 0.3 is 0 Å². The molecule has 1 aromatic carbocycles. The van der Waals surface area contributed by atoms with E-state index in [0.29, 0.717) is 0 Å². The minimum absolute atomic E-state index is 0.207. The van der Waals surface area contributed by atoms with Crippen molar-refractivity contribution in [2.75, 3.05) is 0 Å². The molecule has 1 unspecified atom stereocenters. The maximum absolute atomic E-state index is 12.0. The monoisotopic (exact) mass is 289 g/mol. The van der Waals surface area contributed by atoms with Gasteiger partial charge in [-0.1, -0.05) is 39.0 Å². The fraction of sp³-hybridized carbons (Fsp3) is 0.455. The molecule has 2 heteroatoms. The van der Waals surface area contributed by atoms with Crippen molar-refractivity contribution in [1.82, 2.24) is 0 Å². The molecule has 0 heterocycles. The van der Waals surface area contributed by atoms with E-state index in [1.54, 1.807) is 0 Å². The van der Waals surface area contributed by atoms with Gasteiger partial charge < -0.3 is 0 Å². The van der Waals surface area contributed by atoms with Crippen molar-refractivity contribution >= 4 is 22.6 Å². The second kappa shape index (κ2) is 3.96. The van der Waals surface area contributed by atoms with Crippen LogP contribution < -0.4 is 0 Å². The molecule has 0 aliphatic carbocycles. The van der Waals surface area contributed by atoms with Crippen LogP contribution in [0.15, 0.2) is 24.3 Å². The van der Waals surface area contributed by atoms with Crippen LogP contribution in [-0.4, -0.2) is 0 Å². The van der Waals surface area contributed by atoms with Gasteiger partial charge in [0.05, 0.1) is 0 Å². The van der Waals surface area contributed by atoms with Gasteiger partial charge in [-0.15, -0.1) is 0 Å². The number of rotatable bonds is 1. The topological polar surface area (TPSA) is 19.9 Å². The molecule has 71 valence electrons. The lowest BCUT2D eigenvalue weighted by molar-refractivity contribution is -0.00210. The zero-order valence-electron chi connectivity index (χ0n) is 8.17. The molecule has 1 radical (unpaired) electrons. The van der Waals surface area contributed by atoms with Crippen molar-refractivity contribution in [3.05, 3.63) is 33.4 Å². The smallest absolute Gasteiger partial charge is 0.124 e. The summed E-state index contributed by atoms with van der Waals surface area (Å²) in [6.07, 6.45) is -0.638. The molecule has 1 rings (SSSR count). The first-order valence-electron chi connectivity index (χ1n) is 4.33. The molecule has 0 fully saturated rings. The first-order valence-corrected chi connectivity index (χ1v) is 5.41. The summed E-state index contributed by atoms with van der Waals surface area (Å²) in [6, 6.07) is 7.78. The number of benzene rings is 1. The molecule has 0 aromatic heterocycles. The lowest BCUT2D eigenvalue weighted by Gasteiger charge is -2.24. The van der Waals surface area contributed by atoms with Gasteiger partial charge in [0, 0.05) is 3.57 Å². The van der Waals surface area contributed by atoms with E-state index in [0.717, 1.165) is 9.13 Å². The fourth-order valence-corrected chi connectivity index (χ4v) is 1.82. The van der Waals surface area contributed by atoms with Gasteiger partial charge in [0.2, 0.25) is 0 Å². The van der Waals surface area contributed by atoms with Gasteiger partial charge in [0.15, 0.2) is 0 Å². The largest absolute Gasteiger partial charge is 0.227 e. The average Bonchev–Trinajstić information content (AvgIpc) is 2.02. The molecule has 0 aliphatic heterocycles. The summed E-state index contributed by atoms with van der Waals surface area (Å²) in [5.74, 6) is 0. The Hall–Kier alpha value is -0.0900. The quantitative estimate of drug-likeness (QED) is 0.701. The van der Waals surface area contributed by atoms with E-state index in [-0.39, 0.29) is 5.41 Å². The summed E-state index contributed by atoms with van der Waals surface area (Å²) in [5, 5.41) is 12.0. The first kappa shape index (κ1) is 11.0. The van der Waals surface area contributed by atoms with Crippen molar-refractivity contribution in [3.8, 4) is 0 Å². The van der Waals surface area contributed by atoms with E-state index < -0.39 is 6.10 Å². The molecule has 0 N–H and O–H groups in total. The zero-order valence-corrected chi connectivity index (χ0v) is 10.3. The molecule has 1 atom stereocenters. The number of halogens is 1. The lowest BCUT2D eigenvalue weighted by Crippen LogP contribution is -2.17. The van der Waals surface area contributed by atoms with Crippen molar-refractivity contribution < 1.29 is 5.11 Å². The van der Waals surface area contributed by atoms with Crippen LogP contribution in [0.2, 0.25) is 0 Å². The Morgan fingerprint density at radius 2 is 1.77 bits per heavy atom. The van der Waals surface area contributed by atoms with E-state index >= 15 is 0 Å². The van der Waals surface area contributed by atoms with Crippen molar-refractivity contribution in [3.63, 3.8) is 0 Å². The molecule has 0 aliphatic rings. The van der Waals surface area contributed by atoms with Crippen LogP contribution in [0.4, 0.5) is 0 Å². The highest BCUT2D eigenvalue weighted by atomic mass is 127. The summed E-state index contributed by atoms with van der Waals surface area (Å²) in [7, 11) is 0. The molecular weight excluding hydrogens is 275 g/mol. The minimum atomic E-state index is -0.638. The molecule has 13 heavy (non-hydrogen) atoms. The van der Waals surface area contributed by atoms with Gasteiger partial charge in [0.25, 0.3) is 0 Å². The Kier molecular flexibility index (Phi) is 3.35. The lowest BCUT2D eigenvalue weighted by atomic mass is 9.85. The van der Waals surface area contributed by atoms with E-state index in [1.165, 1.54) is 0 Å². The second-order valence-corrected chi connectivity index (χ2v) is 5.43. The van der Waals surface area contributed by atoms with Crippen LogP contribution in [0, 0.1) is 8.99 Å². The van der Waals surface area contributed by atoms with Crippen LogP contribution in [0.5, 0.6) is 0 Å². The highest BCUT2D eigenvalue weighted by Gasteiger charge is 2.26. The molecule has 1 nitrogen and oxygen atoms in total. The molecule has 0 bridgehead atoms. The third kappa shape index (κ3) is 2.68. The van der Waals surface area contributed by atoms with Crippen molar-refractivity contribution in [2.24, 2.45) is 5.41 Å². The maximum atomic E-state index is 12.0. The molecule has 0 amide bonds. The predicted octanol–water partition coefficient (Wildman–Crippen LogP) is 3.81. The predicted molar refractivity (Wildman–Crippen MR) is 62.0 cm³/mol. The van der Waals surface area contributed by atoms with Crippen molar-refractivity contribution in [1.29, 1.82) is 0 Å². The van der Waals surface area contributed by atoms with Gasteiger partial charge in [-0.25, -0.2) is 5.11 Å². The van der Waals surface area contributed by atoms with E-state index in [9.17, 15) is 5.11 Å². The van der Waals surface area contributed by atoms with Crippen LogP contribution in [-0.2, 0) is 5.11 Å². The molecular formula is C11H14IO. The third-order valence-corrected chi connectivity index (χ3v) is 2.96. The molecule has 0 saturated heterocycles. The Balaban J connectivity index is 3.02. The standard InChI is InChI=1S/C11H14IO/c1-11(2,3)10(13)8-6-4-5-7-9(8)12/h4-7,10H,1-3H3. The van der Waals surface area contributed by atoms with Crippen LogP contribution in [0.3, 0.4) is 0 Å². The Morgan fingerprint density at radius 1 is 1.23 bits per heavy atom. The van der Waals surface area contributed by atoms with Crippen molar-refractivity contribution in [2.45, 2.75) is 26.9 Å². The molecule has 0 saturated carbocycles. The Bertz CT molecular complexity index is 288. The summed E-state index contributed by atoms with van der Waals surface area (Å²) in [4.78, 5) is 0. The molecule has 1 aromatic rings. The van der Waals surface area contributed by atoms with E-state index in [4.69, 9.17) is 0 Å². The number of hydrogen-bond acceptors (Lipinski definition) is 0. The number of hydrogen-bond donors (Lipinski definition) is 0. The maximum Gasteiger partial charge on any atom is 0.124 e. The van der Waals surface area contributed by atoms with Gasteiger partial charge in [-0.3, -0.25) is 0 Å². The summed E-state index contributed by atoms with van der Waals surface area (Å²) in [5.41, 5.74) is 0.706. The third-order valence-electron chi connectivity index (χ3n) is 1.97. The summed E-state index contributed by atoms with van der Waals surface area (Å²) >= 11 is 2.22. The minimum Gasteiger partial charge on any atom is -0.227 e. The first-order chi connectivity index (χ1) is 5.93. The van der Waals surface area contributed by atoms with E-state index in [1.807, 2.05) is 45.0 Å². The van der Waals surface area contributed by atoms with Gasteiger partial charge in [-0.2, -0.15) is 0 Å². The Morgan fingerprint density at radius 3 is 2.23 bits per heavy atom. The Labute approximate surface area is 93.3 Å². The molecule has 0 spiro atoms. The summed E-state index contributed by atoms with van der Waals surface area (Å²) in [6.45, 7) is 5.94. The highest BCUT2D eigenvalue weighted by molar-refractivity contribution is 14.1. The normalized spacial score (nSPS) is 14.2. The van der Waals surface area contributed by atoms with Crippen LogP contribution in [0.25, 0.3) is 0 Å².